The highest BCUT2D eigenvalue weighted by Gasteiger charge is 2.33. The summed E-state index contributed by atoms with van der Waals surface area (Å²) >= 11 is 1.51. The average molecular weight is 391 g/mol. The predicted octanol–water partition coefficient (Wildman–Crippen LogP) is 3.67. The molecule has 0 fully saturated rings. The molecule has 4 aromatic rings. The number of fused-ring (bicyclic) bond motifs is 2. The minimum atomic E-state index is -0.0688. The van der Waals surface area contributed by atoms with E-state index in [0.29, 0.717) is 17.4 Å². The van der Waals surface area contributed by atoms with Crippen LogP contribution in [0, 0.1) is 6.92 Å². The van der Waals surface area contributed by atoms with Crippen LogP contribution >= 0.6 is 11.3 Å². The molecule has 0 radical (unpaired) electrons. The number of benzene rings is 1. The molecule has 8 heteroatoms. The van der Waals surface area contributed by atoms with E-state index in [1.165, 1.54) is 11.3 Å². The van der Waals surface area contributed by atoms with Gasteiger partial charge in [0.2, 0.25) is 11.0 Å². The Kier molecular flexibility index (Phi) is 3.87. The van der Waals surface area contributed by atoms with Crippen LogP contribution in [0.2, 0.25) is 0 Å². The maximum absolute atomic E-state index is 12.5. The molecule has 28 heavy (non-hydrogen) atoms. The first-order valence-corrected chi connectivity index (χ1v) is 9.70. The molecule has 0 unspecified atom stereocenters. The van der Waals surface area contributed by atoms with Crippen LogP contribution in [0.25, 0.3) is 15.3 Å². The molecule has 7 nitrogen and oxygen atoms in total. The Morgan fingerprint density at radius 2 is 2.21 bits per heavy atom. The number of aryl methyl sites for hydroxylation is 1. The van der Waals surface area contributed by atoms with E-state index in [9.17, 15) is 4.79 Å². The molecule has 0 bridgehead atoms. The Labute approximate surface area is 165 Å². The molecule has 0 aliphatic carbocycles. The third-order valence-electron chi connectivity index (χ3n) is 4.95. The molecule has 1 aliphatic rings. The van der Waals surface area contributed by atoms with Crippen LogP contribution in [0.3, 0.4) is 0 Å². The molecule has 1 aliphatic heterocycles. The van der Waals surface area contributed by atoms with E-state index in [0.717, 1.165) is 32.8 Å². The molecule has 1 amide bonds. The van der Waals surface area contributed by atoms with E-state index in [2.05, 4.69) is 10.3 Å². The van der Waals surface area contributed by atoms with Crippen LogP contribution in [0.5, 0.6) is 5.75 Å². The Hall–Kier alpha value is -3.26. The fraction of sp³-hybridized carbons (Fsp3) is 0.200. The number of rotatable bonds is 3. The van der Waals surface area contributed by atoms with Gasteiger partial charge in [0.25, 0.3) is 0 Å². The van der Waals surface area contributed by atoms with Crippen molar-refractivity contribution >= 4 is 33.3 Å². The predicted molar refractivity (Wildman–Crippen MR) is 107 cm³/mol. The molecule has 0 saturated carbocycles. The van der Waals surface area contributed by atoms with Gasteiger partial charge in [0, 0.05) is 30.3 Å². The van der Waals surface area contributed by atoms with Crippen molar-refractivity contribution in [2.45, 2.75) is 19.3 Å². The number of anilines is 1. The van der Waals surface area contributed by atoms with Gasteiger partial charge >= 0.3 is 0 Å². The van der Waals surface area contributed by atoms with E-state index in [-0.39, 0.29) is 11.8 Å². The maximum atomic E-state index is 12.5. The molecule has 0 saturated heterocycles. The van der Waals surface area contributed by atoms with E-state index >= 15 is 0 Å². The van der Waals surface area contributed by atoms with Gasteiger partial charge in [0.15, 0.2) is 0 Å². The minimum Gasteiger partial charge on any atom is -0.497 e. The Morgan fingerprint density at radius 3 is 3.00 bits per heavy atom. The summed E-state index contributed by atoms with van der Waals surface area (Å²) < 4.78 is 8.04. The third kappa shape index (κ3) is 2.65. The zero-order valence-electron chi connectivity index (χ0n) is 15.3. The largest absolute Gasteiger partial charge is 0.497 e. The summed E-state index contributed by atoms with van der Waals surface area (Å²) in [6, 6.07) is 9.66. The zero-order chi connectivity index (χ0) is 19.3. The number of carbonyl (C=O) groups excluding carboxylic acids is 1. The van der Waals surface area contributed by atoms with Crippen molar-refractivity contribution in [2.75, 3.05) is 12.4 Å². The summed E-state index contributed by atoms with van der Waals surface area (Å²) in [5.74, 6) is 1.37. The van der Waals surface area contributed by atoms with E-state index in [1.54, 1.807) is 18.0 Å². The Morgan fingerprint density at radius 1 is 1.32 bits per heavy atom. The summed E-state index contributed by atoms with van der Waals surface area (Å²) in [5, 5.41) is 8.41. The summed E-state index contributed by atoms with van der Waals surface area (Å²) in [5.41, 5.74) is 3.77. The summed E-state index contributed by atoms with van der Waals surface area (Å²) in [6.07, 6.45) is 3.93. The van der Waals surface area contributed by atoms with Gasteiger partial charge in [-0.1, -0.05) is 17.4 Å². The third-order valence-corrected chi connectivity index (χ3v) is 5.95. The lowest BCUT2D eigenvalue weighted by Gasteiger charge is -2.23. The van der Waals surface area contributed by atoms with Gasteiger partial charge in [0.1, 0.15) is 11.6 Å². The smallest absolute Gasteiger partial charge is 0.226 e. The van der Waals surface area contributed by atoms with Gasteiger partial charge in [0.05, 0.1) is 23.0 Å². The second kappa shape index (κ2) is 6.42. The molecule has 1 aromatic carbocycles. The van der Waals surface area contributed by atoms with Crippen LogP contribution < -0.4 is 10.1 Å². The number of nitrogens with zero attached hydrogens (tertiary/aromatic N) is 4. The number of carbonyl (C=O) groups is 1. The number of aromatic nitrogens is 4. The number of methoxy groups -OCH3 is 1. The molecule has 0 spiro atoms. The minimum absolute atomic E-state index is 0.0368. The van der Waals surface area contributed by atoms with Gasteiger partial charge in [-0.3, -0.25) is 9.78 Å². The first kappa shape index (κ1) is 16.9. The molecular weight excluding hydrogens is 374 g/mol. The van der Waals surface area contributed by atoms with Crippen molar-refractivity contribution in [1.29, 1.82) is 0 Å². The van der Waals surface area contributed by atoms with Gasteiger partial charge in [-0.15, -0.1) is 0 Å². The van der Waals surface area contributed by atoms with Crippen molar-refractivity contribution in [1.82, 2.24) is 19.7 Å². The molecule has 1 atom stereocenters. The summed E-state index contributed by atoms with van der Waals surface area (Å²) in [6.45, 7) is 1.96. The van der Waals surface area contributed by atoms with Crippen LogP contribution in [-0.2, 0) is 4.79 Å². The average Bonchev–Trinajstić information content (AvgIpc) is 3.28. The fourth-order valence-corrected chi connectivity index (χ4v) is 4.62. The quantitative estimate of drug-likeness (QED) is 0.576. The van der Waals surface area contributed by atoms with Crippen LogP contribution in [0.4, 0.5) is 5.82 Å². The van der Waals surface area contributed by atoms with Crippen molar-refractivity contribution in [3.8, 4) is 10.9 Å². The normalized spacial score (nSPS) is 16.1. The fourth-order valence-electron chi connectivity index (χ4n) is 3.66. The number of thiazole rings is 1. The molecular formula is C20H17N5O2S. The van der Waals surface area contributed by atoms with E-state index < -0.39 is 0 Å². The number of amides is 1. The lowest BCUT2D eigenvalue weighted by atomic mass is 9.87. The Bertz CT molecular complexity index is 1200. The van der Waals surface area contributed by atoms with Gasteiger partial charge < -0.3 is 10.1 Å². The second-order valence-electron chi connectivity index (χ2n) is 6.68. The SMILES string of the molecule is COc1ccc2nc(-n3nc(C)c4c3NC(=O)C[C@@H]4c3cccnc3)sc2c1. The van der Waals surface area contributed by atoms with E-state index in [4.69, 9.17) is 14.8 Å². The maximum Gasteiger partial charge on any atom is 0.226 e. The number of pyridine rings is 1. The number of hydrogen-bond acceptors (Lipinski definition) is 6. The van der Waals surface area contributed by atoms with E-state index in [1.807, 2.05) is 43.5 Å². The highest BCUT2D eigenvalue weighted by Crippen LogP contribution is 2.41. The van der Waals surface area contributed by atoms with Gasteiger partial charge in [-0.2, -0.15) is 9.78 Å². The zero-order valence-corrected chi connectivity index (χ0v) is 16.2. The monoisotopic (exact) mass is 391 g/mol. The number of nitrogens with one attached hydrogen (secondary N) is 1. The second-order valence-corrected chi connectivity index (χ2v) is 7.69. The van der Waals surface area contributed by atoms with Gasteiger partial charge in [-0.25, -0.2) is 4.98 Å². The first-order valence-electron chi connectivity index (χ1n) is 8.88. The van der Waals surface area contributed by atoms with Crippen LogP contribution in [0.1, 0.15) is 29.2 Å². The number of hydrogen-bond donors (Lipinski definition) is 1. The molecule has 140 valence electrons. The first-order chi connectivity index (χ1) is 13.6. The molecule has 1 N–H and O–H groups in total. The van der Waals surface area contributed by atoms with Crippen LogP contribution in [-0.4, -0.2) is 32.8 Å². The van der Waals surface area contributed by atoms with Crippen molar-refractivity contribution in [3.05, 3.63) is 59.5 Å². The summed E-state index contributed by atoms with van der Waals surface area (Å²) in [4.78, 5) is 21.4. The molecule has 3 aromatic heterocycles. The number of ether oxygens (including phenoxy) is 1. The van der Waals surface area contributed by atoms with Crippen molar-refractivity contribution in [3.63, 3.8) is 0 Å². The highest BCUT2D eigenvalue weighted by molar-refractivity contribution is 7.20. The lowest BCUT2D eigenvalue weighted by molar-refractivity contribution is -0.116. The van der Waals surface area contributed by atoms with Crippen molar-refractivity contribution < 1.29 is 9.53 Å². The van der Waals surface area contributed by atoms with Crippen molar-refractivity contribution in [2.24, 2.45) is 0 Å². The standard InChI is InChI=1S/C20H17N5O2S/c1-11-18-14(12-4-3-7-21-10-12)9-17(26)23-19(18)25(24-11)20-22-15-6-5-13(27-2)8-16(15)28-20/h3-8,10,14H,9H2,1-2H3,(H,23,26)/t14-/m1/s1. The van der Waals surface area contributed by atoms with Crippen LogP contribution in [0.15, 0.2) is 42.7 Å². The molecule has 5 rings (SSSR count). The highest BCUT2D eigenvalue weighted by atomic mass is 32.1. The lowest BCUT2D eigenvalue weighted by Crippen LogP contribution is -2.25. The topological polar surface area (TPSA) is 81.9 Å². The summed E-state index contributed by atoms with van der Waals surface area (Å²) in [7, 11) is 1.64. The Balaban J connectivity index is 1.66. The molecule has 4 heterocycles. The van der Waals surface area contributed by atoms with Gasteiger partial charge in [-0.05, 0) is 36.8 Å².